The number of hydrogen-bond donors (Lipinski definition) is 3. The molecule has 140 valence electrons. The first-order valence-electron chi connectivity index (χ1n) is 9.21. The van der Waals surface area contributed by atoms with Crippen molar-refractivity contribution in [2.75, 3.05) is 33.2 Å². The number of fused-ring (bicyclic) bond motifs is 1. The van der Waals surface area contributed by atoms with Gasteiger partial charge in [-0.1, -0.05) is 18.2 Å². The molecule has 0 unspecified atom stereocenters. The lowest BCUT2D eigenvalue weighted by atomic mass is 10.0. The number of rotatable bonds is 3. The maximum Gasteiger partial charge on any atom is 0.231 e. The Bertz CT molecular complexity index is 918. The van der Waals surface area contributed by atoms with Gasteiger partial charge in [0.2, 0.25) is 5.78 Å². The number of phenolic OH excluding ortho intramolecular Hbond substituents is 1. The molecular weight excluding hydrogens is 347 g/mol. The highest BCUT2D eigenvalue weighted by Crippen LogP contribution is 2.39. The van der Waals surface area contributed by atoms with Gasteiger partial charge < -0.3 is 19.6 Å². The first-order chi connectivity index (χ1) is 13.0. The monoisotopic (exact) mass is 370 g/mol. The van der Waals surface area contributed by atoms with Crippen LogP contribution < -0.4 is 14.5 Å². The summed E-state index contributed by atoms with van der Waals surface area (Å²) in [5, 5.41) is 10.4. The quantitative estimate of drug-likeness (QED) is 0.670. The van der Waals surface area contributed by atoms with Crippen LogP contribution in [-0.4, -0.2) is 44.1 Å². The van der Waals surface area contributed by atoms with Crippen molar-refractivity contribution in [1.29, 1.82) is 0 Å². The van der Waals surface area contributed by atoms with E-state index in [1.165, 1.54) is 21.9 Å². The topological polar surface area (TPSA) is 55.4 Å². The number of likely N-dealkylation sites (N-methyl/N-ethyl adjacent to an activating group) is 1. The number of piperazine rings is 1. The van der Waals surface area contributed by atoms with Crippen LogP contribution in [0.3, 0.4) is 0 Å². The zero-order valence-electron chi connectivity index (χ0n) is 15.2. The maximum atomic E-state index is 13.9. The van der Waals surface area contributed by atoms with Crippen LogP contribution in [0.4, 0.5) is 4.39 Å². The Morgan fingerprint density at radius 3 is 2.63 bits per heavy atom. The first kappa shape index (κ1) is 17.7. The molecule has 0 atom stereocenters. The number of phenols is 1. The molecule has 0 aliphatic carbocycles. The molecule has 0 radical (unpaired) electrons. The summed E-state index contributed by atoms with van der Waals surface area (Å²) in [7, 11) is 2.18. The maximum absolute atomic E-state index is 13.9. The fraction of sp³-hybridized carbons (Fsp3) is 0.286. The zero-order chi connectivity index (χ0) is 19.0. The van der Waals surface area contributed by atoms with Crippen LogP contribution >= 0.6 is 0 Å². The Morgan fingerprint density at radius 2 is 1.89 bits per heavy atom. The number of allylic oxidation sites excluding steroid dienone is 1. The molecule has 2 aliphatic rings. The second-order valence-corrected chi connectivity index (χ2v) is 7.29. The molecule has 1 fully saturated rings. The molecule has 0 amide bonds. The van der Waals surface area contributed by atoms with Crippen LogP contribution in [0.25, 0.3) is 6.08 Å². The summed E-state index contributed by atoms with van der Waals surface area (Å²) in [4.78, 5) is 15.6. The molecular formula is C21H23FN2O3+2. The van der Waals surface area contributed by atoms with E-state index in [1.807, 2.05) is 0 Å². The van der Waals surface area contributed by atoms with Gasteiger partial charge in [0.05, 0.1) is 18.2 Å². The predicted octanol–water partition coefficient (Wildman–Crippen LogP) is 0.0607. The summed E-state index contributed by atoms with van der Waals surface area (Å²) >= 11 is 0. The van der Waals surface area contributed by atoms with E-state index in [9.17, 15) is 14.3 Å². The highest BCUT2D eigenvalue weighted by molar-refractivity contribution is 6.15. The van der Waals surface area contributed by atoms with Crippen LogP contribution in [0.1, 0.15) is 21.5 Å². The fourth-order valence-electron chi connectivity index (χ4n) is 3.66. The number of carbonyl (C=O) groups is 1. The van der Waals surface area contributed by atoms with Gasteiger partial charge in [-0.25, -0.2) is 4.39 Å². The van der Waals surface area contributed by atoms with E-state index in [-0.39, 0.29) is 17.3 Å². The molecule has 4 rings (SSSR count). The molecule has 27 heavy (non-hydrogen) atoms. The first-order valence-corrected chi connectivity index (χ1v) is 9.21. The normalized spacial score (nSPS) is 23.3. The van der Waals surface area contributed by atoms with Gasteiger partial charge in [-0.05, 0) is 24.3 Å². The van der Waals surface area contributed by atoms with Gasteiger partial charge in [-0.2, -0.15) is 0 Å². The number of benzene rings is 2. The number of Topliss-reactive ketones (excluding diaryl/α,β-unsaturated/α-hetero) is 1. The molecule has 6 heteroatoms. The van der Waals surface area contributed by atoms with E-state index in [4.69, 9.17) is 4.74 Å². The van der Waals surface area contributed by atoms with Crippen molar-refractivity contribution >= 4 is 11.9 Å². The number of halogens is 1. The van der Waals surface area contributed by atoms with Gasteiger partial charge in [0, 0.05) is 5.56 Å². The zero-order valence-corrected chi connectivity index (χ0v) is 15.2. The van der Waals surface area contributed by atoms with Crippen molar-refractivity contribution < 1.29 is 28.8 Å². The minimum atomic E-state index is -0.412. The van der Waals surface area contributed by atoms with Crippen LogP contribution in [0, 0.1) is 5.82 Å². The van der Waals surface area contributed by atoms with E-state index in [1.54, 1.807) is 30.3 Å². The molecule has 0 bridgehead atoms. The van der Waals surface area contributed by atoms with E-state index in [0.717, 1.165) is 26.2 Å². The van der Waals surface area contributed by atoms with Gasteiger partial charge in [-0.3, -0.25) is 4.79 Å². The van der Waals surface area contributed by atoms with E-state index in [0.29, 0.717) is 29.0 Å². The van der Waals surface area contributed by atoms with Crippen LogP contribution in [0.15, 0.2) is 42.2 Å². The summed E-state index contributed by atoms with van der Waals surface area (Å²) < 4.78 is 19.7. The molecule has 5 nitrogen and oxygen atoms in total. The third-order valence-corrected chi connectivity index (χ3v) is 5.35. The Kier molecular flexibility index (Phi) is 4.68. The van der Waals surface area contributed by atoms with Gasteiger partial charge >= 0.3 is 0 Å². The highest BCUT2D eigenvalue weighted by Gasteiger charge is 2.33. The van der Waals surface area contributed by atoms with Crippen molar-refractivity contribution in [1.82, 2.24) is 0 Å². The predicted molar refractivity (Wildman–Crippen MR) is 98.5 cm³/mol. The third-order valence-electron chi connectivity index (χ3n) is 5.35. The average molecular weight is 370 g/mol. The lowest BCUT2D eigenvalue weighted by Crippen LogP contribution is -3.26. The summed E-state index contributed by atoms with van der Waals surface area (Å²) in [6.45, 7) is 4.75. The minimum Gasteiger partial charge on any atom is -0.507 e. The number of hydrogen-bond acceptors (Lipinski definition) is 3. The van der Waals surface area contributed by atoms with Crippen molar-refractivity contribution in [3.8, 4) is 11.5 Å². The Balaban J connectivity index is 1.64. The lowest BCUT2D eigenvalue weighted by Gasteiger charge is -2.27. The summed E-state index contributed by atoms with van der Waals surface area (Å²) in [5.41, 5.74) is 1.36. The van der Waals surface area contributed by atoms with E-state index >= 15 is 0 Å². The number of nitrogens with one attached hydrogen (secondary N) is 2. The van der Waals surface area contributed by atoms with Crippen molar-refractivity contribution in [3.63, 3.8) is 0 Å². The number of ether oxygens (including phenoxy) is 1. The third kappa shape index (κ3) is 3.46. The van der Waals surface area contributed by atoms with Crippen LogP contribution in [0.2, 0.25) is 0 Å². The standard InChI is InChI=1S/C21H21FN2O3/c1-23-8-10-24(11-9-23)13-16-18(25)7-6-15-20(26)19(27-21(15)16)12-14-4-2-3-5-17(14)22/h2-7,12,25H,8-11,13H2,1H3/p+2/b19-12-. The van der Waals surface area contributed by atoms with E-state index < -0.39 is 5.82 Å². The smallest absolute Gasteiger partial charge is 0.231 e. The van der Waals surface area contributed by atoms with Crippen molar-refractivity contribution in [3.05, 3.63) is 64.7 Å². The SMILES string of the molecule is C[NH+]1CC[NH+](Cc2c(O)ccc3c2O/C(=C\c2ccccc2F)C3=O)CC1. The molecule has 0 spiro atoms. The Labute approximate surface area is 157 Å². The molecule has 1 saturated heterocycles. The number of aromatic hydroxyl groups is 1. The summed E-state index contributed by atoms with van der Waals surface area (Å²) in [6, 6.07) is 9.36. The molecule has 2 aromatic carbocycles. The minimum absolute atomic E-state index is 0.0831. The Morgan fingerprint density at radius 1 is 1.15 bits per heavy atom. The number of ketones is 1. The van der Waals surface area contributed by atoms with Gasteiger partial charge in [0.1, 0.15) is 44.3 Å². The number of quaternary nitrogens is 2. The number of carbonyl (C=O) groups excluding carboxylic acids is 1. The lowest BCUT2D eigenvalue weighted by molar-refractivity contribution is -1.01. The molecule has 2 aliphatic heterocycles. The summed E-state index contributed by atoms with van der Waals surface area (Å²) in [6.07, 6.45) is 1.42. The molecule has 2 heterocycles. The largest absolute Gasteiger partial charge is 0.507 e. The Hall–Kier alpha value is -2.70. The average Bonchev–Trinajstić information content (AvgIpc) is 2.97. The second kappa shape index (κ2) is 7.13. The van der Waals surface area contributed by atoms with Gasteiger partial charge in [-0.15, -0.1) is 0 Å². The fourth-order valence-corrected chi connectivity index (χ4v) is 3.66. The second-order valence-electron chi connectivity index (χ2n) is 7.29. The molecule has 2 aromatic rings. The van der Waals surface area contributed by atoms with Crippen LogP contribution in [-0.2, 0) is 6.54 Å². The molecule has 3 N–H and O–H groups in total. The van der Waals surface area contributed by atoms with Crippen molar-refractivity contribution in [2.24, 2.45) is 0 Å². The van der Waals surface area contributed by atoms with Crippen LogP contribution in [0.5, 0.6) is 11.5 Å². The molecule has 0 aromatic heterocycles. The summed E-state index contributed by atoms with van der Waals surface area (Å²) in [5.74, 6) is -0.0780. The van der Waals surface area contributed by atoms with Crippen molar-refractivity contribution in [2.45, 2.75) is 6.54 Å². The van der Waals surface area contributed by atoms with Gasteiger partial charge in [0.15, 0.2) is 11.5 Å². The highest BCUT2D eigenvalue weighted by atomic mass is 19.1. The molecule has 0 saturated carbocycles. The van der Waals surface area contributed by atoms with Gasteiger partial charge in [0.25, 0.3) is 0 Å². The van der Waals surface area contributed by atoms with E-state index in [2.05, 4.69) is 7.05 Å².